The number of anilines is 1. The van der Waals surface area contributed by atoms with Gasteiger partial charge in [-0.1, -0.05) is 12.1 Å². The Morgan fingerprint density at radius 3 is 2.55 bits per heavy atom. The molecule has 0 aliphatic carbocycles. The van der Waals surface area contributed by atoms with Crippen LogP contribution in [0.1, 0.15) is 21.5 Å². The minimum atomic E-state index is -0.348. The summed E-state index contributed by atoms with van der Waals surface area (Å²) in [5.41, 5.74) is 2.98. The molecular formula is C16H17NO3. The van der Waals surface area contributed by atoms with Crippen LogP contribution in [0, 0.1) is 13.8 Å². The number of carbonyl (C=O) groups excluding carboxylic acids is 1. The monoisotopic (exact) mass is 271 g/mol. The molecule has 0 bridgehead atoms. The Kier molecular flexibility index (Phi) is 3.94. The molecule has 0 heterocycles. The molecule has 0 saturated carbocycles. The zero-order valence-corrected chi connectivity index (χ0v) is 11.7. The van der Waals surface area contributed by atoms with Gasteiger partial charge in [-0.25, -0.2) is 0 Å². The van der Waals surface area contributed by atoms with Crippen molar-refractivity contribution >= 4 is 11.6 Å². The number of aryl methyl sites for hydroxylation is 2. The lowest BCUT2D eigenvalue weighted by atomic mass is 10.1. The number of ether oxygens (including phenoxy) is 1. The van der Waals surface area contributed by atoms with Crippen molar-refractivity contribution in [2.24, 2.45) is 0 Å². The summed E-state index contributed by atoms with van der Waals surface area (Å²) < 4.78 is 4.99. The SMILES string of the molecule is COc1ccc(C(=O)Nc2cc(C)ccc2C)c(O)c1. The lowest BCUT2D eigenvalue weighted by Gasteiger charge is -2.11. The molecule has 0 atom stereocenters. The summed E-state index contributed by atoms with van der Waals surface area (Å²) in [6.45, 7) is 3.88. The van der Waals surface area contributed by atoms with E-state index in [2.05, 4.69) is 5.32 Å². The van der Waals surface area contributed by atoms with Crippen LogP contribution in [0.2, 0.25) is 0 Å². The molecule has 1 amide bonds. The van der Waals surface area contributed by atoms with Gasteiger partial charge < -0.3 is 15.2 Å². The molecule has 20 heavy (non-hydrogen) atoms. The van der Waals surface area contributed by atoms with Crippen molar-refractivity contribution in [2.75, 3.05) is 12.4 Å². The van der Waals surface area contributed by atoms with Crippen LogP contribution in [-0.4, -0.2) is 18.1 Å². The van der Waals surface area contributed by atoms with Gasteiger partial charge in [-0.3, -0.25) is 4.79 Å². The number of amides is 1. The first-order chi connectivity index (χ1) is 9.51. The molecule has 2 rings (SSSR count). The molecular weight excluding hydrogens is 254 g/mol. The van der Waals surface area contributed by atoms with Gasteiger partial charge in [-0.05, 0) is 43.2 Å². The van der Waals surface area contributed by atoms with E-state index in [1.807, 2.05) is 32.0 Å². The standard InChI is InChI=1S/C16H17NO3/c1-10-4-5-11(2)14(8-10)17-16(19)13-7-6-12(20-3)9-15(13)18/h4-9,18H,1-3H3,(H,17,19). The second kappa shape index (κ2) is 5.65. The maximum absolute atomic E-state index is 12.2. The summed E-state index contributed by atoms with van der Waals surface area (Å²) in [5, 5.41) is 12.7. The van der Waals surface area contributed by atoms with E-state index >= 15 is 0 Å². The third kappa shape index (κ3) is 2.91. The Morgan fingerprint density at radius 1 is 1.15 bits per heavy atom. The largest absolute Gasteiger partial charge is 0.507 e. The summed E-state index contributed by atoms with van der Waals surface area (Å²) in [6, 6.07) is 10.4. The molecule has 0 aliphatic rings. The Morgan fingerprint density at radius 2 is 1.90 bits per heavy atom. The van der Waals surface area contributed by atoms with Gasteiger partial charge >= 0.3 is 0 Å². The molecule has 0 unspecified atom stereocenters. The molecule has 0 aromatic heterocycles. The van der Waals surface area contributed by atoms with Crippen molar-refractivity contribution in [3.8, 4) is 11.5 Å². The third-order valence-corrected chi connectivity index (χ3v) is 3.09. The van der Waals surface area contributed by atoms with Crippen LogP contribution in [0.4, 0.5) is 5.69 Å². The molecule has 2 aromatic rings. The second-order valence-electron chi connectivity index (χ2n) is 4.66. The zero-order valence-electron chi connectivity index (χ0n) is 11.7. The number of carbonyl (C=O) groups is 1. The van der Waals surface area contributed by atoms with Crippen molar-refractivity contribution in [3.05, 3.63) is 53.1 Å². The first kappa shape index (κ1) is 13.9. The lowest BCUT2D eigenvalue weighted by molar-refractivity contribution is 0.102. The zero-order chi connectivity index (χ0) is 14.7. The minimum absolute atomic E-state index is 0.104. The van der Waals surface area contributed by atoms with Crippen LogP contribution < -0.4 is 10.1 Å². The van der Waals surface area contributed by atoms with Crippen molar-refractivity contribution in [3.63, 3.8) is 0 Å². The normalized spacial score (nSPS) is 10.2. The Hall–Kier alpha value is -2.49. The molecule has 104 valence electrons. The molecule has 0 saturated heterocycles. The van der Waals surface area contributed by atoms with Crippen molar-refractivity contribution in [1.29, 1.82) is 0 Å². The van der Waals surface area contributed by atoms with Crippen molar-refractivity contribution in [2.45, 2.75) is 13.8 Å². The number of methoxy groups -OCH3 is 1. The number of rotatable bonds is 3. The Bertz CT molecular complexity index is 650. The van der Waals surface area contributed by atoms with Crippen molar-refractivity contribution < 1.29 is 14.6 Å². The molecule has 2 aromatic carbocycles. The lowest BCUT2D eigenvalue weighted by Crippen LogP contribution is -2.13. The van der Waals surface area contributed by atoms with E-state index in [0.29, 0.717) is 5.75 Å². The number of nitrogens with one attached hydrogen (secondary N) is 1. The van der Waals surface area contributed by atoms with Crippen LogP contribution in [0.5, 0.6) is 11.5 Å². The van der Waals surface area contributed by atoms with Gasteiger partial charge in [0.15, 0.2) is 0 Å². The summed E-state index contributed by atoms with van der Waals surface area (Å²) >= 11 is 0. The van der Waals surface area contributed by atoms with E-state index in [0.717, 1.165) is 16.8 Å². The summed E-state index contributed by atoms with van der Waals surface area (Å²) in [5.74, 6) is 0.0526. The van der Waals surface area contributed by atoms with Crippen LogP contribution in [0.3, 0.4) is 0 Å². The van der Waals surface area contributed by atoms with E-state index in [-0.39, 0.29) is 17.2 Å². The average Bonchev–Trinajstić information content (AvgIpc) is 2.42. The number of benzene rings is 2. The average molecular weight is 271 g/mol. The highest BCUT2D eigenvalue weighted by atomic mass is 16.5. The number of hydrogen-bond donors (Lipinski definition) is 2. The summed E-state index contributed by atoms with van der Waals surface area (Å²) in [7, 11) is 1.50. The van der Waals surface area contributed by atoms with Crippen LogP contribution in [0.25, 0.3) is 0 Å². The number of hydrogen-bond acceptors (Lipinski definition) is 3. The van der Waals surface area contributed by atoms with Crippen LogP contribution in [0.15, 0.2) is 36.4 Å². The van der Waals surface area contributed by atoms with Gasteiger partial charge in [0, 0.05) is 11.8 Å². The predicted octanol–water partition coefficient (Wildman–Crippen LogP) is 3.27. The quantitative estimate of drug-likeness (QED) is 0.900. The molecule has 4 nitrogen and oxygen atoms in total. The fourth-order valence-electron chi connectivity index (χ4n) is 1.89. The third-order valence-electron chi connectivity index (χ3n) is 3.09. The highest BCUT2D eigenvalue weighted by Gasteiger charge is 2.13. The summed E-state index contributed by atoms with van der Waals surface area (Å²) in [4.78, 5) is 12.2. The van der Waals surface area contributed by atoms with Crippen LogP contribution >= 0.6 is 0 Å². The van der Waals surface area contributed by atoms with Gasteiger partial charge in [0.1, 0.15) is 11.5 Å². The highest BCUT2D eigenvalue weighted by Crippen LogP contribution is 2.25. The minimum Gasteiger partial charge on any atom is -0.507 e. The molecule has 2 N–H and O–H groups in total. The first-order valence-corrected chi connectivity index (χ1v) is 6.27. The van der Waals surface area contributed by atoms with Gasteiger partial charge in [0.05, 0.1) is 12.7 Å². The first-order valence-electron chi connectivity index (χ1n) is 6.27. The highest BCUT2D eigenvalue weighted by molar-refractivity contribution is 6.06. The molecule has 0 fully saturated rings. The molecule has 0 spiro atoms. The summed E-state index contributed by atoms with van der Waals surface area (Å²) in [6.07, 6.45) is 0. The van der Waals surface area contributed by atoms with E-state index in [4.69, 9.17) is 4.74 Å². The van der Waals surface area contributed by atoms with Gasteiger partial charge in [0.25, 0.3) is 5.91 Å². The van der Waals surface area contributed by atoms with E-state index < -0.39 is 0 Å². The smallest absolute Gasteiger partial charge is 0.259 e. The number of aromatic hydroxyl groups is 1. The second-order valence-corrected chi connectivity index (χ2v) is 4.66. The predicted molar refractivity (Wildman–Crippen MR) is 78.5 cm³/mol. The maximum Gasteiger partial charge on any atom is 0.259 e. The van der Waals surface area contributed by atoms with E-state index in [1.165, 1.54) is 19.2 Å². The van der Waals surface area contributed by atoms with E-state index in [1.54, 1.807) is 6.07 Å². The fourth-order valence-corrected chi connectivity index (χ4v) is 1.89. The van der Waals surface area contributed by atoms with Gasteiger partial charge in [-0.15, -0.1) is 0 Å². The maximum atomic E-state index is 12.2. The Balaban J connectivity index is 2.26. The fraction of sp³-hybridized carbons (Fsp3) is 0.188. The topological polar surface area (TPSA) is 58.6 Å². The van der Waals surface area contributed by atoms with Gasteiger partial charge in [0.2, 0.25) is 0 Å². The van der Waals surface area contributed by atoms with E-state index in [9.17, 15) is 9.90 Å². The van der Waals surface area contributed by atoms with Gasteiger partial charge in [-0.2, -0.15) is 0 Å². The van der Waals surface area contributed by atoms with Crippen molar-refractivity contribution in [1.82, 2.24) is 0 Å². The Labute approximate surface area is 118 Å². The number of phenols is 1. The molecule has 0 radical (unpaired) electrons. The molecule has 0 aliphatic heterocycles. The van der Waals surface area contributed by atoms with Crippen LogP contribution in [-0.2, 0) is 0 Å². The molecule has 4 heteroatoms. The number of phenolic OH excluding ortho intramolecular Hbond substituents is 1.